The molecule has 0 amide bonds. The third-order valence-corrected chi connectivity index (χ3v) is 3.98. The van der Waals surface area contributed by atoms with Gasteiger partial charge in [0.1, 0.15) is 12.2 Å². The molecule has 21 heavy (non-hydrogen) atoms. The van der Waals surface area contributed by atoms with Crippen LogP contribution < -0.4 is 0 Å². The lowest BCUT2D eigenvalue weighted by Crippen LogP contribution is -2.32. The zero-order chi connectivity index (χ0) is 15.6. The Morgan fingerprint density at radius 3 is 2.76 bits per heavy atom. The first-order valence-corrected chi connectivity index (χ1v) is 7.28. The molecule has 2 aliphatic rings. The summed E-state index contributed by atoms with van der Waals surface area (Å²) in [6.45, 7) is 9.26. The minimum absolute atomic E-state index is 0.308. The maximum Gasteiger partial charge on any atom is 0.334 e. The van der Waals surface area contributed by atoms with Gasteiger partial charge in [-0.1, -0.05) is 23.8 Å². The Morgan fingerprint density at radius 2 is 2.10 bits per heavy atom. The number of ether oxygens (including phenoxy) is 2. The van der Waals surface area contributed by atoms with Crippen molar-refractivity contribution in [3.8, 4) is 0 Å². The first-order chi connectivity index (χ1) is 9.88. The van der Waals surface area contributed by atoms with Gasteiger partial charge in [0.25, 0.3) is 0 Å². The number of allylic oxidation sites excluding steroid dienone is 2. The summed E-state index contributed by atoms with van der Waals surface area (Å²) in [5.74, 6) is -1.06. The van der Waals surface area contributed by atoms with Crippen LogP contribution in [-0.4, -0.2) is 24.1 Å². The number of hydrogen-bond donors (Lipinski definition) is 0. The van der Waals surface area contributed by atoms with Crippen molar-refractivity contribution >= 4 is 11.9 Å². The standard InChI is InChI=1S/C17H22O4/c1-10-6-5-7-11(2)9-15-16(12(3)17(19)21-15)14(8-10)20-13(4)18/h7-8,14-16H,3,5-6,9H2,1-2,4H3/t14-,15?,16?/m0/s1. The molecule has 1 saturated heterocycles. The predicted octanol–water partition coefficient (Wildman–Crippen LogP) is 3.09. The summed E-state index contributed by atoms with van der Waals surface area (Å²) in [6.07, 6.45) is 5.81. The molecule has 0 saturated carbocycles. The third-order valence-electron chi connectivity index (χ3n) is 3.98. The molecular weight excluding hydrogens is 268 g/mol. The van der Waals surface area contributed by atoms with E-state index in [4.69, 9.17) is 9.47 Å². The Hall–Kier alpha value is -1.84. The Morgan fingerprint density at radius 1 is 1.38 bits per heavy atom. The number of rotatable bonds is 1. The quantitative estimate of drug-likeness (QED) is 0.423. The highest BCUT2D eigenvalue weighted by atomic mass is 16.6. The first-order valence-electron chi connectivity index (χ1n) is 7.28. The molecule has 1 heterocycles. The molecule has 1 fully saturated rings. The molecule has 0 aromatic rings. The van der Waals surface area contributed by atoms with E-state index >= 15 is 0 Å². The Bertz CT molecular complexity index is 527. The fraction of sp³-hybridized carbons (Fsp3) is 0.529. The summed E-state index contributed by atoms with van der Waals surface area (Å²) >= 11 is 0. The van der Waals surface area contributed by atoms with E-state index in [9.17, 15) is 9.59 Å². The van der Waals surface area contributed by atoms with Gasteiger partial charge >= 0.3 is 11.9 Å². The number of fused-ring (bicyclic) bond motifs is 1. The topological polar surface area (TPSA) is 52.6 Å². The van der Waals surface area contributed by atoms with Gasteiger partial charge in [-0.25, -0.2) is 4.79 Å². The van der Waals surface area contributed by atoms with Crippen LogP contribution in [0.15, 0.2) is 35.5 Å². The molecule has 0 aromatic carbocycles. The van der Waals surface area contributed by atoms with Crippen LogP contribution in [0.1, 0.15) is 40.0 Å². The van der Waals surface area contributed by atoms with Crippen molar-refractivity contribution in [2.45, 2.75) is 52.2 Å². The van der Waals surface area contributed by atoms with Crippen LogP contribution in [0.5, 0.6) is 0 Å². The van der Waals surface area contributed by atoms with Crippen LogP contribution in [0.25, 0.3) is 0 Å². The van der Waals surface area contributed by atoms with Crippen LogP contribution >= 0.6 is 0 Å². The Kier molecular flexibility index (Phi) is 4.66. The molecule has 0 aromatic heterocycles. The monoisotopic (exact) mass is 290 g/mol. The van der Waals surface area contributed by atoms with E-state index in [0.717, 1.165) is 18.4 Å². The highest BCUT2D eigenvalue weighted by Crippen LogP contribution is 2.36. The van der Waals surface area contributed by atoms with Gasteiger partial charge in [-0.2, -0.15) is 0 Å². The second kappa shape index (κ2) is 6.29. The minimum atomic E-state index is -0.489. The van der Waals surface area contributed by atoms with Crippen LogP contribution in [0.3, 0.4) is 0 Å². The molecule has 0 radical (unpaired) electrons. The van der Waals surface area contributed by atoms with Gasteiger partial charge in [0.15, 0.2) is 0 Å². The van der Waals surface area contributed by atoms with E-state index in [1.54, 1.807) is 0 Å². The lowest BCUT2D eigenvalue weighted by molar-refractivity contribution is -0.147. The molecule has 4 nitrogen and oxygen atoms in total. The largest absolute Gasteiger partial charge is 0.458 e. The van der Waals surface area contributed by atoms with E-state index in [0.29, 0.717) is 12.0 Å². The Labute approximate surface area is 125 Å². The van der Waals surface area contributed by atoms with Crippen LogP contribution in [0.2, 0.25) is 0 Å². The van der Waals surface area contributed by atoms with Gasteiger partial charge in [-0.05, 0) is 32.8 Å². The van der Waals surface area contributed by atoms with Crippen molar-refractivity contribution < 1.29 is 19.1 Å². The van der Waals surface area contributed by atoms with Crippen molar-refractivity contribution in [3.63, 3.8) is 0 Å². The molecule has 0 N–H and O–H groups in total. The predicted molar refractivity (Wildman–Crippen MR) is 79.4 cm³/mol. The molecule has 1 aliphatic carbocycles. The van der Waals surface area contributed by atoms with E-state index in [1.807, 2.05) is 19.9 Å². The molecule has 0 bridgehead atoms. The van der Waals surface area contributed by atoms with Crippen molar-refractivity contribution in [3.05, 3.63) is 35.5 Å². The maximum atomic E-state index is 11.9. The highest BCUT2D eigenvalue weighted by Gasteiger charge is 2.44. The summed E-state index contributed by atoms with van der Waals surface area (Å²) in [7, 11) is 0. The second-order valence-electron chi connectivity index (χ2n) is 5.88. The van der Waals surface area contributed by atoms with Gasteiger partial charge < -0.3 is 9.47 Å². The number of carbonyl (C=O) groups is 2. The Balaban J connectivity index is 2.39. The highest BCUT2D eigenvalue weighted by molar-refractivity contribution is 5.91. The van der Waals surface area contributed by atoms with E-state index < -0.39 is 6.10 Å². The van der Waals surface area contributed by atoms with E-state index in [-0.39, 0.29) is 24.0 Å². The van der Waals surface area contributed by atoms with Crippen molar-refractivity contribution in [2.24, 2.45) is 5.92 Å². The van der Waals surface area contributed by atoms with Gasteiger partial charge in [0.05, 0.1) is 5.92 Å². The van der Waals surface area contributed by atoms with Crippen molar-refractivity contribution in [1.82, 2.24) is 0 Å². The van der Waals surface area contributed by atoms with Crippen molar-refractivity contribution in [1.29, 1.82) is 0 Å². The lowest BCUT2D eigenvalue weighted by Gasteiger charge is -2.26. The van der Waals surface area contributed by atoms with Crippen molar-refractivity contribution in [2.75, 3.05) is 0 Å². The molecular formula is C17H22O4. The van der Waals surface area contributed by atoms with E-state index in [1.165, 1.54) is 12.5 Å². The molecule has 1 aliphatic heterocycles. The summed E-state index contributed by atoms with van der Waals surface area (Å²) in [5.41, 5.74) is 2.71. The molecule has 4 heteroatoms. The molecule has 3 atom stereocenters. The third kappa shape index (κ3) is 3.63. The number of esters is 2. The lowest BCUT2D eigenvalue weighted by atomic mass is 9.85. The molecule has 2 unspecified atom stereocenters. The zero-order valence-corrected chi connectivity index (χ0v) is 12.8. The summed E-state index contributed by atoms with van der Waals surface area (Å²) in [4.78, 5) is 23.2. The second-order valence-corrected chi connectivity index (χ2v) is 5.88. The fourth-order valence-corrected chi connectivity index (χ4v) is 2.94. The smallest absolute Gasteiger partial charge is 0.334 e. The SMILES string of the molecule is C=C1C(=O)OC2CC(C)=CCCC(C)=C[C@H](OC(C)=O)C12. The number of hydrogen-bond acceptors (Lipinski definition) is 4. The normalized spacial score (nSPS) is 30.0. The summed E-state index contributed by atoms with van der Waals surface area (Å²) < 4.78 is 10.9. The molecule has 114 valence electrons. The average Bonchev–Trinajstić information content (AvgIpc) is 2.62. The fourth-order valence-electron chi connectivity index (χ4n) is 2.94. The van der Waals surface area contributed by atoms with E-state index in [2.05, 4.69) is 12.7 Å². The first kappa shape index (κ1) is 15.5. The average molecular weight is 290 g/mol. The maximum absolute atomic E-state index is 11.9. The minimum Gasteiger partial charge on any atom is -0.458 e. The van der Waals surface area contributed by atoms with Crippen LogP contribution in [0, 0.1) is 5.92 Å². The summed E-state index contributed by atoms with van der Waals surface area (Å²) in [5, 5.41) is 0. The molecule has 0 spiro atoms. The molecule has 2 rings (SSSR count). The van der Waals surface area contributed by atoms with Crippen LogP contribution in [0.4, 0.5) is 0 Å². The summed E-state index contributed by atoms with van der Waals surface area (Å²) in [6, 6.07) is 0. The van der Waals surface area contributed by atoms with Gasteiger partial charge in [-0.15, -0.1) is 0 Å². The zero-order valence-electron chi connectivity index (χ0n) is 12.8. The van der Waals surface area contributed by atoms with Gasteiger partial charge in [-0.3, -0.25) is 4.79 Å². The van der Waals surface area contributed by atoms with Crippen LogP contribution in [-0.2, 0) is 19.1 Å². The van der Waals surface area contributed by atoms with Gasteiger partial charge in [0, 0.05) is 18.9 Å². The number of carbonyl (C=O) groups excluding carboxylic acids is 2. The van der Waals surface area contributed by atoms with Gasteiger partial charge in [0.2, 0.25) is 0 Å².